The van der Waals surface area contributed by atoms with Crippen molar-refractivity contribution in [1.82, 2.24) is 9.97 Å². The zero-order valence-electron chi connectivity index (χ0n) is 9.96. The quantitative estimate of drug-likeness (QED) is 0.866. The summed E-state index contributed by atoms with van der Waals surface area (Å²) in [6.07, 6.45) is 5.13. The molecule has 0 aliphatic carbocycles. The van der Waals surface area contributed by atoms with Crippen LogP contribution in [0.25, 0.3) is 6.08 Å². The van der Waals surface area contributed by atoms with Gasteiger partial charge < -0.3 is 9.84 Å². The number of carboxylic acids is 1. The van der Waals surface area contributed by atoms with Gasteiger partial charge >= 0.3 is 12.0 Å². The Kier molecular flexibility index (Phi) is 4.41. The molecule has 7 heteroatoms. The topological polar surface area (TPSA) is 72.3 Å². The highest BCUT2D eigenvalue weighted by atomic mass is 79.9. The molecular weight excluding hydrogens is 331 g/mol. The summed E-state index contributed by atoms with van der Waals surface area (Å²) in [5.74, 6) is -1.25. The normalized spacial score (nSPS) is 10.7. The third-order valence-corrected chi connectivity index (χ3v) is 2.81. The third-order valence-electron chi connectivity index (χ3n) is 2.17. The van der Waals surface area contributed by atoms with Crippen molar-refractivity contribution in [3.8, 4) is 11.8 Å². The van der Waals surface area contributed by atoms with E-state index in [4.69, 9.17) is 9.84 Å². The van der Waals surface area contributed by atoms with E-state index in [0.717, 1.165) is 6.08 Å². The molecule has 0 aliphatic rings. The van der Waals surface area contributed by atoms with Gasteiger partial charge in [-0.05, 0) is 34.1 Å². The van der Waals surface area contributed by atoms with Crippen LogP contribution in [-0.4, -0.2) is 21.0 Å². The predicted molar refractivity (Wildman–Crippen MR) is 72.9 cm³/mol. The van der Waals surface area contributed by atoms with E-state index < -0.39 is 11.8 Å². The van der Waals surface area contributed by atoms with Crippen LogP contribution >= 0.6 is 15.9 Å². The maximum atomic E-state index is 13.3. The van der Waals surface area contributed by atoms with Gasteiger partial charge in [0.2, 0.25) is 0 Å². The summed E-state index contributed by atoms with van der Waals surface area (Å²) in [4.78, 5) is 18.1. The van der Waals surface area contributed by atoms with Gasteiger partial charge in [0.1, 0.15) is 11.6 Å². The van der Waals surface area contributed by atoms with Crippen molar-refractivity contribution in [3.05, 3.63) is 52.5 Å². The molecule has 102 valence electrons. The van der Waals surface area contributed by atoms with Crippen LogP contribution in [0.3, 0.4) is 0 Å². The second-order valence-electron chi connectivity index (χ2n) is 3.65. The van der Waals surface area contributed by atoms with E-state index in [1.165, 1.54) is 30.6 Å². The highest BCUT2D eigenvalue weighted by Crippen LogP contribution is 2.23. The van der Waals surface area contributed by atoms with E-state index in [9.17, 15) is 9.18 Å². The summed E-state index contributed by atoms with van der Waals surface area (Å²) < 4.78 is 18.9. The molecule has 0 saturated heterocycles. The van der Waals surface area contributed by atoms with Crippen LogP contribution in [0.1, 0.15) is 5.56 Å². The fourth-order valence-electron chi connectivity index (χ4n) is 1.28. The molecular formula is C13H8BrFN2O3. The molecule has 2 aromatic rings. The van der Waals surface area contributed by atoms with E-state index in [1.807, 2.05) is 0 Å². The molecule has 20 heavy (non-hydrogen) atoms. The number of rotatable bonds is 4. The smallest absolute Gasteiger partial charge is 0.328 e. The molecule has 0 bridgehead atoms. The van der Waals surface area contributed by atoms with Gasteiger partial charge in [0.15, 0.2) is 0 Å². The number of halogens is 2. The van der Waals surface area contributed by atoms with Gasteiger partial charge in [-0.15, -0.1) is 0 Å². The number of hydrogen-bond acceptors (Lipinski definition) is 4. The average Bonchev–Trinajstić information content (AvgIpc) is 2.42. The molecule has 0 amide bonds. The van der Waals surface area contributed by atoms with Crippen molar-refractivity contribution in [2.45, 2.75) is 0 Å². The van der Waals surface area contributed by atoms with Crippen LogP contribution in [0, 0.1) is 5.82 Å². The zero-order chi connectivity index (χ0) is 14.5. The lowest BCUT2D eigenvalue weighted by atomic mass is 10.3. The van der Waals surface area contributed by atoms with Crippen molar-refractivity contribution in [2.75, 3.05) is 0 Å². The lowest BCUT2D eigenvalue weighted by Crippen LogP contribution is -1.93. The third kappa shape index (κ3) is 3.86. The van der Waals surface area contributed by atoms with E-state index in [-0.39, 0.29) is 11.8 Å². The van der Waals surface area contributed by atoms with E-state index in [0.29, 0.717) is 10.0 Å². The molecule has 0 fully saturated rings. The van der Waals surface area contributed by atoms with Crippen LogP contribution in [0.2, 0.25) is 0 Å². The number of ether oxygens (including phenoxy) is 1. The number of carboxylic acid groups (broad SMARTS) is 1. The van der Waals surface area contributed by atoms with Crippen molar-refractivity contribution in [3.63, 3.8) is 0 Å². The fraction of sp³-hybridized carbons (Fsp3) is 0. The Morgan fingerprint density at radius 2 is 2.05 bits per heavy atom. The number of nitrogens with zero attached hydrogens (tertiary/aromatic N) is 2. The Morgan fingerprint density at radius 1 is 1.35 bits per heavy atom. The first-order chi connectivity index (χ1) is 9.54. The first kappa shape index (κ1) is 14.1. The monoisotopic (exact) mass is 338 g/mol. The van der Waals surface area contributed by atoms with E-state index >= 15 is 0 Å². The molecule has 1 heterocycles. The van der Waals surface area contributed by atoms with Gasteiger partial charge in [-0.1, -0.05) is 0 Å². The van der Waals surface area contributed by atoms with E-state index in [2.05, 4.69) is 25.9 Å². The minimum Gasteiger partial charge on any atom is -0.478 e. The first-order valence-electron chi connectivity index (χ1n) is 5.40. The van der Waals surface area contributed by atoms with Gasteiger partial charge in [-0.3, -0.25) is 0 Å². The first-order valence-corrected chi connectivity index (χ1v) is 6.20. The van der Waals surface area contributed by atoms with Crippen molar-refractivity contribution < 1.29 is 19.0 Å². The predicted octanol–water partition coefficient (Wildman–Crippen LogP) is 3.27. The van der Waals surface area contributed by atoms with Crippen LogP contribution in [0.4, 0.5) is 4.39 Å². The molecule has 0 atom stereocenters. The summed E-state index contributed by atoms with van der Waals surface area (Å²) in [7, 11) is 0. The minimum atomic E-state index is -1.06. The molecule has 2 rings (SSSR count). The molecule has 0 spiro atoms. The van der Waals surface area contributed by atoms with Gasteiger partial charge in [0.05, 0.1) is 4.47 Å². The van der Waals surface area contributed by atoms with Gasteiger partial charge in [0.25, 0.3) is 0 Å². The summed E-state index contributed by atoms with van der Waals surface area (Å²) >= 11 is 3.04. The van der Waals surface area contributed by atoms with Crippen molar-refractivity contribution in [2.24, 2.45) is 0 Å². The van der Waals surface area contributed by atoms with Crippen molar-refractivity contribution in [1.29, 1.82) is 0 Å². The highest BCUT2D eigenvalue weighted by Gasteiger charge is 2.04. The summed E-state index contributed by atoms with van der Waals surface area (Å²) in [5.41, 5.74) is 0.515. The van der Waals surface area contributed by atoms with Crippen LogP contribution in [-0.2, 0) is 4.79 Å². The number of benzene rings is 1. The number of hydrogen-bond donors (Lipinski definition) is 1. The second-order valence-corrected chi connectivity index (χ2v) is 4.50. The van der Waals surface area contributed by atoms with Crippen molar-refractivity contribution >= 4 is 28.0 Å². The van der Waals surface area contributed by atoms with Gasteiger partial charge in [-0.2, -0.15) is 0 Å². The highest BCUT2D eigenvalue weighted by molar-refractivity contribution is 9.10. The Labute approximate surface area is 121 Å². The number of aliphatic carboxylic acids is 1. The number of carbonyl (C=O) groups is 1. The lowest BCUT2D eigenvalue weighted by molar-refractivity contribution is -0.131. The minimum absolute atomic E-state index is 0.0409. The van der Waals surface area contributed by atoms with Gasteiger partial charge in [-0.25, -0.2) is 19.2 Å². The fourth-order valence-corrected chi connectivity index (χ4v) is 1.52. The van der Waals surface area contributed by atoms with Gasteiger partial charge in [0, 0.05) is 30.1 Å². The Morgan fingerprint density at radius 3 is 2.65 bits per heavy atom. The molecule has 0 aliphatic heterocycles. The largest absolute Gasteiger partial charge is 0.478 e. The van der Waals surface area contributed by atoms with Crippen LogP contribution in [0.5, 0.6) is 11.8 Å². The SMILES string of the molecule is O=C(O)/C=C/c1cnc(Oc2ccc(Br)c(F)c2)nc1. The Balaban J connectivity index is 2.10. The number of aromatic nitrogens is 2. The van der Waals surface area contributed by atoms with Crippen LogP contribution < -0.4 is 4.74 Å². The summed E-state index contributed by atoms with van der Waals surface area (Å²) in [6.45, 7) is 0. The maximum absolute atomic E-state index is 13.3. The molecule has 0 saturated carbocycles. The standard InChI is InChI=1S/C13H8BrFN2O3/c14-10-3-2-9(5-11(10)15)20-13-16-6-8(7-17-13)1-4-12(18)19/h1-7H,(H,18,19)/b4-1+. The molecule has 5 nitrogen and oxygen atoms in total. The molecule has 0 radical (unpaired) electrons. The zero-order valence-corrected chi connectivity index (χ0v) is 11.5. The lowest BCUT2D eigenvalue weighted by Gasteiger charge is -2.04. The Hall–Kier alpha value is -2.28. The molecule has 1 aromatic heterocycles. The summed E-state index contributed by atoms with van der Waals surface area (Å²) in [5, 5.41) is 8.48. The van der Waals surface area contributed by atoms with E-state index in [1.54, 1.807) is 6.07 Å². The molecule has 1 aromatic carbocycles. The molecule has 1 N–H and O–H groups in total. The second kappa shape index (κ2) is 6.25. The maximum Gasteiger partial charge on any atom is 0.328 e. The molecule has 0 unspecified atom stereocenters. The average molecular weight is 339 g/mol. The summed E-state index contributed by atoms with van der Waals surface area (Å²) in [6, 6.07) is 4.31. The van der Waals surface area contributed by atoms with Crippen LogP contribution in [0.15, 0.2) is 41.1 Å². The Bertz CT molecular complexity index is 659.